The van der Waals surface area contributed by atoms with Crippen molar-refractivity contribution >= 4 is 43.1 Å². The quantitative estimate of drug-likeness (QED) is 0.590. The molecule has 2 aromatic carbocycles. The van der Waals surface area contributed by atoms with E-state index in [0.29, 0.717) is 0 Å². The van der Waals surface area contributed by atoms with Gasteiger partial charge in [-0.05, 0) is 30.7 Å². The molecule has 0 unspecified atom stereocenters. The van der Waals surface area contributed by atoms with Crippen LogP contribution in [0.4, 0.5) is 0 Å². The topological polar surface area (TPSA) is 17.1 Å². The average molecular weight is 331 g/mol. The Hall–Kier alpha value is -1.45. The van der Waals surface area contributed by atoms with E-state index in [0.717, 1.165) is 31.2 Å². The van der Waals surface area contributed by atoms with Gasteiger partial charge in [-0.3, -0.25) is 4.79 Å². The highest BCUT2D eigenvalue weighted by Gasteiger charge is 2.16. The molecule has 0 amide bonds. The predicted molar refractivity (Wildman–Crippen MR) is 84.1 cm³/mol. The van der Waals surface area contributed by atoms with Gasteiger partial charge in [-0.1, -0.05) is 40.2 Å². The summed E-state index contributed by atoms with van der Waals surface area (Å²) in [6.45, 7) is 1.97. The van der Waals surface area contributed by atoms with Crippen LogP contribution in [0.25, 0.3) is 10.1 Å². The summed E-state index contributed by atoms with van der Waals surface area (Å²) in [6, 6.07) is 13.8. The van der Waals surface area contributed by atoms with Crippen LogP contribution >= 0.6 is 27.3 Å². The van der Waals surface area contributed by atoms with Crippen molar-refractivity contribution in [2.24, 2.45) is 0 Å². The van der Waals surface area contributed by atoms with Crippen LogP contribution in [0.3, 0.4) is 0 Å². The van der Waals surface area contributed by atoms with Gasteiger partial charge in [0, 0.05) is 31.1 Å². The number of carbonyl (C=O) groups excluding carboxylic acids is 1. The summed E-state index contributed by atoms with van der Waals surface area (Å²) in [7, 11) is 0. The summed E-state index contributed by atoms with van der Waals surface area (Å²) in [4.78, 5) is 12.7. The smallest absolute Gasteiger partial charge is 0.194 e. The van der Waals surface area contributed by atoms with Crippen molar-refractivity contribution in [3.05, 3.63) is 69.0 Å². The third-order valence-electron chi connectivity index (χ3n) is 3.17. The first-order valence-corrected chi connectivity index (χ1v) is 7.61. The Morgan fingerprint density at radius 1 is 1.11 bits per heavy atom. The lowest BCUT2D eigenvalue weighted by atomic mass is 9.99. The van der Waals surface area contributed by atoms with Crippen LogP contribution in [0, 0.1) is 6.92 Å². The highest BCUT2D eigenvalue weighted by molar-refractivity contribution is 9.10. The molecule has 0 aliphatic carbocycles. The number of carbonyl (C=O) groups is 1. The van der Waals surface area contributed by atoms with Crippen molar-refractivity contribution in [3.63, 3.8) is 0 Å². The largest absolute Gasteiger partial charge is 0.289 e. The predicted octanol–water partition coefficient (Wildman–Crippen LogP) is 5.20. The molecule has 1 heterocycles. The monoisotopic (exact) mass is 330 g/mol. The number of hydrogen-bond acceptors (Lipinski definition) is 2. The SMILES string of the molecule is Cc1ccc(Br)cc1C(=O)c1csc2ccccc12. The third kappa shape index (κ3) is 2.24. The number of ketones is 1. The number of aryl methyl sites for hydroxylation is 1. The van der Waals surface area contributed by atoms with E-state index in [2.05, 4.69) is 15.9 Å². The van der Waals surface area contributed by atoms with Crippen LogP contribution in [0.1, 0.15) is 21.5 Å². The van der Waals surface area contributed by atoms with Crippen LogP contribution < -0.4 is 0 Å². The summed E-state index contributed by atoms with van der Waals surface area (Å²) < 4.78 is 2.08. The van der Waals surface area contributed by atoms with Gasteiger partial charge in [0.2, 0.25) is 0 Å². The zero-order valence-corrected chi connectivity index (χ0v) is 12.7. The molecule has 3 aromatic rings. The van der Waals surface area contributed by atoms with Crippen molar-refractivity contribution < 1.29 is 4.79 Å². The van der Waals surface area contributed by atoms with E-state index < -0.39 is 0 Å². The van der Waals surface area contributed by atoms with Crippen LogP contribution in [0.5, 0.6) is 0 Å². The first-order valence-electron chi connectivity index (χ1n) is 5.94. The van der Waals surface area contributed by atoms with Gasteiger partial charge < -0.3 is 0 Å². The van der Waals surface area contributed by atoms with E-state index in [9.17, 15) is 4.79 Å². The normalized spacial score (nSPS) is 10.8. The number of rotatable bonds is 2. The lowest BCUT2D eigenvalue weighted by molar-refractivity contribution is 0.104. The first kappa shape index (κ1) is 12.6. The molecule has 3 rings (SSSR count). The number of benzene rings is 2. The Labute approximate surface area is 124 Å². The van der Waals surface area contributed by atoms with E-state index in [1.807, 2.05) is 54.8 Å². The fourth-order valence-corrected chi connectivity index (χ4v) is 3.44. The maximum Gasteiger partial charge on any atom is 0.194 e. The highest BCUT2D eigenvalue weighted by atomic mass is 79.9. The van der Waals surface area contributed by atoms with Gasteiger partial charge in [0.05, 0.1) is 0 Å². The molecule has 1 nitrogen and oxygen atoms in total. The van der Waals surface area contributed by atoms with Crippen LogP contribution in [0.2, 0.25) is 0 Å². The molecule has 19 heavy (non-hydrogen) atoms. The minimum atomic E-state index is 0.0938. The van der Waals surface area contributed by atoms with Crippen LogP contribution in [0.15, 0.2) is 52.3 Å². The molecular weight excluding hydrogens is 320 g/mol. The second kappa shape index (κ2) is 4.91. The Morgan fingerprint density at radius 2 is 1.89 bits per heavy atom. The lowest BCUT2D eigenvalue weighted by Crippen LogP contribution is -2.02. The van der Waals surface area contributed by atoms with E-state index in [4.69, 9.17) is 0 Å². The average Bonchev–Trinajstić information content (AvgIpc) is 2.84. The molecule has 1 aromatic heterocycles. The van der Waals surface area contributed by atoms with Gasteiger partial charge in [-0.2, -0.15) is 0 Å². The summed E-state index contributed by atoms with van der Waals surface area (Å²) in [5.41, 5.74) is 2.56. The van der Waals surface area contributed by atoms with Gasteiger partial charge >= 0.3 is 0 Å². The number of thiophene rings is 1. The van der Waals surface area contributed by atoms with E-state index in [1.54, 1.807) is 11.3 Å². The maximum atomic E-state index is 12.7. The van der Waals surface area contributed by atoms with Crippen molar-refractivity contribution in [2.75, 3.05) is 0 Å². The molecule has 0 radical (unpaired) electrons. The third-order valence-corrected chi connectivity index (χ3v) is 4.63. The number of hydrogen-bond donors (Lipinski definition) is 0. The van der Waals surface area contributed by atoms with Gasteiger partial charge in [0.1, 0.15) is 0 Å². The lowest BCUT2D eigenvalue weighted by Gasteiger charge is -2.05. The Balaban J connectivity index is 2.16. The van der Waals surface area contributed by atoms with Crippen molar-refractivity contribution in [1.82, 2.24) is 0 Å². The van der Waals surface area contributed by atoms with Gasteiger partial charge in [0.25, 0.3) is 0 Å². The number of fused-ring (bicyclic) bond motifs is 1. The maximum absolute atomic E-state index is 12.7. The minimum Gasteiger partial charge on any atom is -0.289 e. The zero-order chi connectivity index (χ0) is 13.4. The van der Waals surface area contributed by atoms with E-state index >= 15 is 0 Å². The fourth-order valence-electron chi connectivity index (χ4n) is 2.14. The standard InChI is InChI=1S/C16H11BrOS/c1-10-6-7-11(17)8-13(10)16(18)14-9-19-15-5-3-2-4-12(14)15/h2-9H,1H3. The molecule has 0 spiro atoms. The highest BCUT2D eigenvalue weighted by Crippen LogP contribution is 2.29. The summed E-state index contributed by atoms with van der Waals surface area (Å²) in [5, 5.41) is 2.99. The summed E-state index contributed by atoms with van der Waals surface area (Å²) in [6.07, 6.45) is 0. The van der Waals surface area contributed by atoms with Gasteiger partial charge in [-0.15, -0.1) is 11.3 Å². The Kier molecular flexibility index (Phi) is 3.25. The van der Waals surface area contributed by atoms with Crippen LogP contribution in [-0.4, -0.2) is 5.78 Å². The summed E-state index contributed by atoms with van der Waals surface area (Å²) >= 11 is 5.04. The van der Waals surface area contributed by atoms with Crippen molar-refractivity contribution in [3.8, 4) is 0 Å². The second-order valence-corrected chi connectivity index (χ2v) is 6.26. The zero-order valence-electron chi connectivity index (χ0n) is 10.3. The van der Waals surface area contributed by atoms with Gasteiger partial charge in [0.15, 0.2) is 5.78 Å². The number of halogens is 1. The molecule has 0 saturated heterocycles. The fraction of sp³-hybridized carbons (Fsp3) is 0.0625. The molecule has 94 valence electrons. The molecule has 3 heteroatoms. The second-order valence-electron chi connectivity index (χ2n) is 4.43. The molecule has 0 bridgehead atoms. The first-order chi connectivity index (χ1) is 9.16. The molecule has 0 atom stereocenters. The van der Waals surface area contributed by atoms with E-state index in [-0.39, 0.29) is 5.78 Å². The Bertz CT molecular complexity index is 773. The van der Waals surface area contributed by atoms with Crippen LogP contribution in [-0.2, 0) is 0 Å². The van der Waals surface area contributed by atoms with Crippen molar-refractivity contribution in [1.29, 1.82) is 0 Å². The summed E-state index contributed by atoms with van der Waals surface area (Å²) in [5.74, 6) is 0.0938. The van der Waals surface area contributed by atoms with Gasteiger partial charge in [-0.25, -0.2) is 0 Å². The van der Waals surface area contributed by atoms with E-state index in [1.165, 1.54) is 0 Å². The molecular formula is C16H11BrOS. The molecule has 0 aliphatic heterocycles. The van der Waals surface area contributed by atoms with Crippen molar-refractivity contribution in [2.45, 2.75) is 6.92 Å². The molecule has 0 N–H and O–H groups in total. The molecule has 0 aliphatic rings. The Morgan fingerprint density at radius 3 is 2.74 bits per heavy atom. The molecule has 0 saturated carbocycles. The molecule has 0 fully saturated rings. The minimum absolute atomic E-state index is 0.0938.